The number of hydrogen-bond donors (Lipinski definition) is 2. The molecule has 3 N–H and O–H groups in total. The molecule has 0 aromatic heterocycles. The highest BCUT2D eigenvalue weighted by Gasteiger charge is 2.10. The summed E-state index contributed by atoms with van der Waals surface area (Å²) in [6.07, 6.45) is 1.01. The molecule has 1 aromatic carbocycles. The predicted octanol–water partition coefficient (Wildman–Crippen LogP) is 3.06. The summed E-state index contributed by atoms with van der Waals surface area (Å²) < 4.78 is 10.6. The maximum absolute atomic E-state index is 11.8. The van der Waals surface area contributed by atoms with Crippen molar-refractivity contribution in [2.45, 2.75) is 46.3 Å². The van der Waals surface area contributed by atoms with Crippen molar-refractivity contribution in [1.29, 1.82) is 0 Å². The van der Waals surface area contributed by atoms with E-state index in [2.05, 4.69) is 5.32 Å². The fourth-order valence-electron chi connectivity index (χ4n) is 1.75. The third-order valence-electron chi connectivity index (χ3n) is 2.72. The van der Waals surface area contributed by atoms with Crippen molar-refractivity contribution in [3.63, 3.8) is 0 Å². The van der Waals surface area contributed by atoms with Crippen molar-refractivity contribution >= 4 is 17.3 Å². The first-order valence-corrected chi connectivity index (χ1v) is 7.36. The van der Waals surface area contributed by atoms with E-state index in [0.29, 0.717) is 17.9 Å². The molecule has 0 heterocycles. The van der Waals surface area contributed by atoms with E-state index in [4.69, 9.17) is 15.2 Å². The molecular weight excluding hydrogens is 268 g/mol. The molecule has 0 aliphatic heterocycles. The zero-order chi connectivity index (χ0) is 15.8. The standard InChI is InChI=1S/C16H26N2O3/c1-11(2)20-9-5-8-18-15-7-6-13(10-14(15)17)16(19)21-12(3)4/h6-7,10-12,18H,5,8-9,17H2,1-4H3. The second-order valence-corrected chi connectivity index (χ2v) is 5.46. The van der Waals surface area contributed by atoms with Crippen LogP contribution in [-0.4, -0.2) is 31.3 Å². The Kier molecular flexibility index (Phi) is 7.02. The van der Waals surface area contributed by atoms with Crippen LogP contribution in [0.25, 0.3) is 0 Å². The van der Waals surface area contributed by atoms with E-state index in [1.807, 2.05) is 27.7 Å². The maximum atomic E-state index is 11.8. The first-order chi connectivity index (χ1) is 9.90. The van der Waals surface area contributed by atoms with Crippen LogP contribution in [0.1, 0.15) is 44.5 Å². The number of esters is 1. The highest BCUT2D eigenvalue weighted by molar-refractivity contribution is 5.92. The number of nitrogens with one attached hydrogen (secondary N) is 1. The van der Waals surface area contributed by atoms with E-state index in [0.717, 1.165) is 18.7 Å². The molecule has 1 rings (SSSR count). The average Bonchev–Trinajstić information content (AvgIpc) is 2.38. The Hall–Kier alpha value is -1.75. The Morgan fingerprint density at radius 2 is 1.95 bits per heavy atom. The summed E-state index contributed by atoms with van der Waals surface area (Å²) in [6, 6.07) is 5.15. The number of nitrogen functional groups attached to an aromatic ring is 1. The third kappa shape index (κ3) is 6.49. The van der Waals surface area contributed by atoms with Gasteiger partial charge in [0.2, 0.25) is 0 Å². The molecule has 0 fully saturated rings. The second kappa shape index (κ2) is 8.52. The topological polar surface area (TPSA) is 73.6 Å². The van der Waals surface area contributed by atoms with Crippen molar-refractivity contribution in [1.82, 2.24) is 0 Å². The minimum atomic E-state index is -0.353. The van der Waals surface area contributed by atoms with Crippen molar-refractivity contribution in [3.05, 3.63) is 23.8 Å². The van der Waals surface area contributed by atoms with Gasteiger partial charge >= 0.3 is 5.97 Å². The largest absolute Gasteiger partial charge is 0.459 e. The number of rotatable bonds is 8. The minimum Gasteiger partial charge on any atom is -0.459 e. The number of nitrogens with two attached hydrogens (primary N) is 1. The number of carbonyl (C=O) groups is 1. The maximum Gasteiger partial charge on any atom is 0.338 e. The summed E-state index contributed by atoms with van der Waals surface area (Å²) in [5.41, 5.74) is 7.78. The number of benzene rings is 1. The van der Waals surface area contributed by atoms with Crippen LogP contribution in [0.3, 0.4) is 0 Å². The van der Waals surface area contributed by atoms with Crippen LogP contribution >= 0.6 is 0 Å². The molecule has 0 radical (unpaired) electrons. The molecule has 0 saturated carbocycles. The normalized spacial score (nSPS) is 11.0. The molecule has 0 saturated heterocycles. The van der Waals surface area contributed by atoms with Crippen LogP contribution in [-0.2, 0) is 9.47 Å². The summed E-state index contributed by atoms with van der Waals surface area (Å²) in [5, 5.41) is 3.24. The van der Waals surface area contributed by atoms with Crippen molar-refractivity contribution in [2.24, 2.45) is 0 Å². The lowest BCUT2D eigenvalue weighted by molar-refractivity contribution is 0.0378. The lowest BCUT2D eigenvalue weighted by Gasteiger charge is -2.12. The summed E-state index contributed by atoms with van der Waals surface area (Å²) >= 11 is 0. The van der Waals surface area contributed by atoms with E-state index in [1.54, 1.807) is 18.2 Å². The third-order valence-corrected chi connectivity index (χ3v) is 2.72. The number of carbonyl (C=O) groups excluding carboxylic acids is 1. The Bertz CT molecular complexity index is 459. The Morgan fingerprint density at radius 1 is 1.24 bits per heavy atom. The fourth-order valence-corrected chi connectivity index (χ4v) is 1.75. The van der Waals surface area contributed by atoms with Gasteiger partial charge in [0.15, 0.2) is 0 Å². The van der Waals surface area contributed by atoms with Crippen LogP contribution in [0.5, 0.6) is 0 Å². The van der Waals surface area contributed by atoms with Crippen LogP contribution in [0.15, 0.2) is 18.2 Å². The van der Waals surface area contributed by atoms with Gasteiger partial charge in [-0.3, -0.25) is 0 Å². The lowest BCUT2D eigenvalue weighted by Crippen LogP contribution is -2.13. The van der Waals surface area contributed by atoms with E-state index in [-0.39, 0.29) is 18.2 Å². The first-order valence-electron chi connectivity index (χ1n) is 7.36. The molecule has 0 aliphatic rings. The molecule has 0 aliphatic carbocycles. The molecular formula is C16H26N2O3. The fraction of sp³-hybridized carbons (Fsp3) is 0.562. The van der Waals surface area contributed by atoms with E-state index < -0.39 is 0 Å². The van der Waals surface area contributed by atoms with Gasteiger partial charge in [0.05, 0.1) is 29.1 Å². The summed E-state index contributed by atoms with van der Waals surface area (Å²) in [7, 11) is 0. The van der Waals surface area contributed by atoms with Gasteiger partial charge in [0, 0.05) is 13.2 Å². The Morgan fingerprint density at radius 3 is 2.52 bits per heavy atom. The zero-order valence-electron chi connectivity index (χ0n) is 13.3. The molecule has 21 heavy (non-hydrogen) atoms. The van der Waals surface area contributed by atoms with Crippen LogP contribution < -0.4 is 11.1 Å². The number of hydrogen-bond acceptors (Lipinski definition) is 5. The smallest absolute Gasteiger partial charge is 0.338 e. The Balaban J connectivity index is 2.48. The summed E-state index contributed by atoms with van der Waals surface area (Å²) in [4.78, 5) is 11.8. The van der Waals surface area contributed by atoms with Gasteiger partial charge in [-0.2, -0.15) is 0 Å². The molecule has 0 bridgehead atoms. The van der Waals surface area contributed by atoms with Gasteiger partial charge in [-0.15, -0.1) is 0 Å². The minimum absolute atomic E-state index is 0.141. The van der Waals surface area contributed by atoms with Crippen molar-refractivity contribution < 1.29 is 14.3 Å². The molecule has 0 spiro atoms. The molecule has 0 unspecified atom stereocenters. The zero-order valence-corrected chi connectivity index (χ0v) is 13.3. The highest BCUT2D eigenvalue weighted by Crippen LogP contribution is 2.20. The molecule has 0 amide bonds. The van der Waals surface area contributed by atoms with Crippen LogP contribution in [0.4, 0.5) is 11.4 Å². The first kappa shape index (κ1) is 17.3. The van der Waals surface area contributed by atoms with E-state index >= 15 is 0 Å². The van der Waals surface area contributed by atoms with Crippen molar-refractivity contribution in [2.75, 3.05) is 24.2 Å². The second-order valence-electron chi connectivity index (χ2n) is 5.46. The Labute approximate surface area is 126 Å². The molecule has 5 heteroatoms. The SMILES string of the molecule is CC(C)OCCCNc1ccc(C(=O)OC(C)C)cc1N. The van der Waals surface area contributed by atoms with Gasteiger partial charge in [-0.1, -0.05) is 0 Å². The molecule has 0 atom stereocenters. The van der Waals surface area contributed by atoms with Crippen molar-refractivity contribution in [3.8, 4) is 0 Å². The molecule has 5 nitrogen and oxygen atoms in total. The van der Waals surface area contributed by atoms with E-state index in [1.165, 1.54) is 0 Å². The summed E-state index contributed by atoms with van der Waals surface area (Å²) in [6.45, 7) is 9.14. The van der Waals surface area contributed by atoms with Gasteiger partial charge in [0.1, 0.15) is 0 Å². The average molecular weight is 294 g/mol. The van der Waals surface area contributed by atoms with Crippen LogP contribution in [0.2, 0.25) is 0 Å². The molecule has 1 aromatic rings. The van der Waals surface area contributed by atoms with Gasteiger partial charge in [-0.25, -0.2) is 4.79 Å². The highest BCUT2D eigenvalue weighted by atomic mass is 16.5. The number of ether oxygens (including phenoxy) is 2. The summed E-state index contributed by atoms with van der Waals surface area (Å²) in [5.74, 6) is -0.353. The van der Waals surface area contributed by atoms with Crippen LogP contribution in [0, 0.1) is 0 Å². The quantitative estimate of drug-likeness (QED) is 0.438. The van der Waals surface area contributed by atoms with Gasteiger partial charge < -0.3 is 20.5 Å². The molecule has 118 valence electrons. The lowest BCUT2D eigenvalue weighted by atomic mass is 10.1. The van der Waals surface area contributed by atoms with E-state index in [9.17, 15) is 4.79 Å². The van der Waals surface area contributed by atoms with Gasteiger partial charge in [-0.05, 0) is 52.3 Å². The van der Waals surface area contributed by atoms with Gasteiger partial charge in [0.25, 0.3) is 0 Å². The monoisotopic (exact) mass is 294 g/mol. The number of anilines is 2. The predicted molar refractivity (Wildman–Crippen MR) is 85.6 cm³/mol.